The maximum Gasteiger partial charge on any atom is 0.334 e. The molecule has 0 rings (SSSR count). The van der Waals surface area contributed by atoms with E-state index < -0.39 is 62.4 Å². The van der Waals surface area contributed by atoms with Crippen LogP contribution in [0.2, 0.25) is 0 Å². The zero-order valence-electron chi connectivity index (χ0n) is 16.3. The predicted molar refractivity (Wildman–Crippen MR) is 103 cm³/mol. The molecule has 0 aromatic rings. The van der Waals surface area contributed by atoms with Crippen molar-refractivity contribution in [1.82, 2.24) is 0 Å². The van der Waals surface area contributed by atoms with E-state index in [1.807, 2.05) is 0 Å². The Labute approximate surface area is 169 Å². The van der Waals surface area contributed by atoms with Gasteiger partial charge < -0.3 is 45.2 Å². The molecule has 0 amide bonds. The number of aliphatic carboxylic acids is 1. The van der Waals surface area contributed by atoms with Crippen LogP contribution in [0, 0.1) is 10.8 Å². The van der Waals surface area contributed by atoms with Crippen LogP contribution in [-0.2, 0) is 19.1 Å². The normalized spacial score (nSPS) is 10.4. The number of hydrogen-bond acceptors (Lipinski definition) is 10. The summed E-state index contributed by atoms with van der Waals surface area (Å²) in [5, 5.41) is 61.8. The van der Waals surface area contributed by atoms with Crippen molar-refractivity contribution < 1.29 is 54.8 Å². The van der Waals surface area contributed by atoms with Crippen LogP contribution in [-0.4, -0.2) is 101 Å². The number of carbonyl (C=O) groups excluding carboxylic acids is 1. The fourth-order valence-electron chi connectivity index (χ4n) is 1.19. The van der Waals surface area contributed by atoms with E-state index in [0.717, 1.165) is 18.4 Å². The molecule has 0 aliphatic heterocycles. The molecule has 0 radical (unpaired) electrons. The lowest BCUT2D eigenvalue weighted by molar-refractivity contribution is -0.132. The lowest BCUT2D eigenvalue weighted by atomic mass is 9.91. The summed E-state index contributed by atoms with van der Waals surface area (Å²) in [6.07, 6.45) is 2.96. The van der Waals surface area contributed by atoms with Gasteiger partial charge in [0.25, 0.3) is 0 Å². The van der Waals surface area contributed by atoms with Crippen molar-refractivity contribution in [3.8, 4) is 0 Å². The summed E-state index contributed by atoms with van der Waals surface area (Å²) in [4.78, 5) is 19.3. The molecular formula is C18H32O11. The maximum absolute atomic E-state index is 10.0. The van der Waals surface area contributed by atoms with Gasteiger partial charge in [-0.25, -0.2) is 9.59 Å². The predicted octanol–water partition coefficient (Wildman–Crippen LogP) is -1.95. The average Bonchev–Trinajstić information content (AvgIpc) is 2.76. The maximum atomic E-state index is 10.0. The van der Waals surface area contributed by atoms with E-state index in [0.29, 0.717) is 0 Å². The summed E-state index contributed by atoms with van der Waals surface area (Å²) in [6, 6.07) is 0. The molecule has 0 saturated heterocycles. The molecule has 0 aromatic heterocycles. The highest BCUT2D eigenvalue weighted by Crippen LogP contribution is 2.19. The minimum absolute atomic E-state index is 0.141. The molecule has 29 heavy (non-hydrogen) atoms. The molecule has 0 heterocycles. The van der Waals surface area contributed by atoms with E-state index in [9.17, 15) is 9.59 Å². The van der Waals surface area contributed by atoms with Crippen LogP contribution in [0.4, 0.5) is 0 Å². The number of rotatable bonds is 13. The van der Waals surface area contributed by atoms with Crippen LogP contribution in [0.3, 0.4) is 0 Å². The van der Waals surface area contributed by atoms with E-state index in [-0.39, 0.29) is 13.2 Å². The summed E-state index contributed by atoms with van der Waals surface area (Å²) in [6.45, 7) is 6.27. The van der Waals surface area contributed by atoms with Crippen molar-refractivity contribution >= 4 is 11.9 Å². The van der Waals surface area contributed by atoms with E-state index in [4.69, 9.17) is 40.5 Å². The minimum atomic E-state index is -1.16. The Bertz CT molecular complexity index is 432. The van der Waals surface area contributed by atoms with Crippen LogP contribution >= 0.6 is 0 Å². The molecule has 0 aromatic carbocycles. The van der Waals surface area contributed by atoms with Crippen molar-refractivity contribution in [2.75, 3.05) is 52.9 Å². The second-order valence-electron chi connectivity index (χ2n) is 5.79. The molecule has 0 fully saturated rings. The summed E-state index contributed by atoms with van der Waals surface area (Å²) in [5.41, 5.74) is -2.32. The topological polar surface area (TPSA) is 194 Å². The van der Waals surface area contributed by atoms with Crippen molar-refractivity contribution in [3.05, 3.63) is 38.2 Å². The molecule has 11 nitrogen and oxygen atoms in total. The number of carbonyl (C=O) groups is 2. The van der Waals surface area contributed by atoms with Crippen LogP contribution in [0.25, 0.3) is 0 Å². The molecule has 0 saturated carbocycles. The van der Waals surface area contributed by atoms with Gasteiger partial charge in [0.15, 0.2) is 0 Å². The number of hydrogen-bond donors (Lipinski definition) is 7. The molecule has 0 spiro atoms. The van der Waals surface area contributed by atoms with Crippen molar-refractivity contribution in [3.63, 3.8) is 0 Å². The molecule has 7 N–H and O–H groups in total. The third-order valence-electron chi connectivity index (χ3n) is 3.37. The average molecular weight is 424 g/mol. The first kappa shape index (κ1) is 31.6. The Morgan fingerprint density at radius 1 is 0.724 bits per heavy atom. The first-order valence-corrected chi connectivity index (χ1v) is 8.18. The van der Waals surface area contributed by atoms with Gasteiger partial charge in [-0.1, -0.05) is 19.7 Å². The monoisotopic (exact) mass is 424 g/mol. The highest BCUT2D eigenvalue weighted by molar-refractivity contribution is 5.81. The highest BCUT2D eigenvalue weighted by Gasteiger charge is 2.32. The molecule has 0 bridgehead atoms. The fraction of sp³-hybridized carbons (Fsp3) is 0.556. The van der Waals surface area contributed by atoms with Crippen LogP contribution in [0.15, 0.2) is 38.2 Å². The SMILES string of the molecule is C=CC(=O)O.C=COC(=O)C=C.OCC(CO)(CO)COCC(CO)(CO)CO. The molecule has 0 atom stereocenters. The summed E-state index contributed by atoms with van der Waals surface area (Å²) in [5.74, 6) is -1.46. The largest absolute Gasteiger partial charge is 0.478 e. The second kappa shape index (κ2) is 19.2. The zero-order valence-corrected chi connectivity index (χ0v) is 16.3. The first-order valence-electron chi connectivity index (χ1n) is 8.18. The molecule has 0 aliphatic carbocycles. The molecule has 11 heteroatoms. The summed E-state index contributed by atoms with van der Waals surface area (Å²) >= 11 is 0. The number of carboxylic acids is 1. The van der Waals surface area contributed by atoms with E-state index in [1.54, 1.807) is 0 Å². The quantitative estimate of drug-likeness (QED) is 0.0986. The smallest absolute Gasteiger partial charge is 0.334 e. The fourth-order valence-corrected chi connectivity index (χ4v) is 1.19. The van der Waals surface area contributed by atoms with Crippen LogP contribution in [0.1, 0.15) is 0 Å². The van der Waals surface area contributed by atoms with Gasteiger partial charge in [-0.3, -0.25) is 0 Å². The molecular weight excluding hydrogens is 392 g/mol. The number of aliphatic hydroxyl groups excluding tert-OH is 6. The molecule has 0 unspecified atom stereocenters. The van der Waals surface area contributed by atoms with Gasteiger partial charge in [-0.05, 0) is 0 Å². The second-order valence-corrected chi connectivity index (χ2v) is 5.79. The standard InChI is InChI=1S/C10H22O7.C5H6O2.C3H4O2/c11-1-9(2-12,3-13)7-17-8-10(4-14,5-15)6-16;1-3-5(6)7-4-2;1-2-3(4)5/h11-16H,1-8H2;3-4H,1-2H2;2H,1H2,(H,4,5). The Balaban J connectivity index is -0.000000461. The van der Waals surface area contributed by atoms with Gasteiger partial charge in [-0.15, -0.1) is 0 Å². The third-order valence-corrected chi connectivity index (χ3v) is 3.37. The highest BCUT2D eigenvalue weighted by atomic mass is 16.5. The lowest BCUT2D eigenvalue weighted by Gasteiger charge is -2.31. The molecule has 170 valence electrons. The van der Waals surface area contributed by atoms with Gasteiger partial charge >= 0.3 is 11.9 Å². The summed E-state index contributed by atoms with van der Waals surface area (Å²) < 4.78 is 9.35. The van der Waals surface area contributed by atoms with Gasteiger partial charge in [0.1, 0.15) is 0 Å². The van der Waals surface area contributed by atoms with E-state index in [2.05, 4.69) is 24.5 Å². The van der Waals surface area contributed by atoms with Crippen molar-refractivity contribution in [1.29, 1.82) is 0 Å². The van der Waals surface area contributed by atoms with Crippen molar-refractivity contribution in [2.45, 2.75) is 0 Å². The number of ether oxygens (including phenoxy) is 2. The Kier molecular flexibility index (Phi) is 20.9. The Hall–Kier alpha value is -2.12. The Morgan fingerprint density at radius 2 is 1.03 bits per heavy atom. The number of carboxylic acid groups (broad SMARTS) is 1. The van der Waals surface area contributed by atoms with Crippen LogP contribution < -0.4 is 0 Å². The van der Waals surface area contributed by atoms with Crippen LogP contribution in [0.5, 0.6) is 0 Å². The van der Waals surface area contributed by atoms with Crippen molar-refractivity contribution in [2.24, 2.45) is 10.8 Å². The minimum Gasteiger partial charge on any atom is -0.478 e. The zero-order chi connectivity index (χ0) is 23.3. The summed E-state index contributed by atoms with van der Waals surface area (Å²) in [7, 11) is 0. The van der Waals surface area contributed by atoms with E-state index in [1.165, 1.54) is 0 Å². The lowest BCUT2D eigenvalue weighted by Crippen LogP contribution is -2.43. The third kappa shape index (κ3) is 15.5. The Morgan fingerprint density at radius 3 is 1.17 bits per heavy atom. The van der Waals surface area contributed by atoms with Gasteiger partial charge in [0, 0.05) is 12.2 Å². The number of aliphatic hydroxyl groups is 6. The van der Waals surface area contributed by atoms with Gasteiger partial charge in [0.05, 0.1) is 69.9 Å². The van der Waals surface area contributed by atoms with E-state index >= 15 is 0 Å². The van der Waals surface area contributed by atoms with Gasteiger partial charge in [-0.2, -0.15) is 0 Å². The molecule has 0 aliphatic rings. The first-order chi connectivity index (χ1) is 13.6. The van der Waals surface area contributed by atoms with Gasteiger partial charge in [0.2, 0.25) is 0 Å². The number of esters is 1.